The molecule has 0 saturated heterocycles. The number of hydrogen-bond donors (Lipinski definition) is 2. The van der Waals surface area contributed by atoms with Gasteiger partial charge >= 0.3 is 0 Å². The molecule has 1 atom stereocenters. The van der Waals surface area contributed by atoms with Crippen molar-refractivity contribution >= 4 is 23.0 Å². The smallest absolute Gasteiger partial charge is 0.171 e. The van der Waals surface area contributed by atoms with E-state index in [4.69, 9.17) is 17.0 Å². The van der Waals surface area contributed by atoms with E-state index in [1.54, 1.807) is 7.11 Å². The van der Waals surface area contributed by atoms with Crippen molar-refractivity contribution in [2.45, 2.75) is 12.5 Å². The summed E-state index contributed by atoms with van der Waals surface area (Å²) in [5.74, 6) is 0.793. The van der Waals surface area contributed by atoms with Crippen LogP contribution in [0.1, 0.15) is 17.2 Å². The third-order valence-corrected chi connectivity index (χ3v) is 4.34. The van der Waals surface area contributed by atoms with Crippen molar-refractivity contribution in [1.82, 2.24) is 5.32 Å². The Hall–Kier alpha value is -2.85. The SMILES string of the molecule is COc1cccc(NC(=S)N[C@H](Cc2ccccc2)c2ccccc2)c1. The van der Waals surface area contributed by atoms with Gasteiger partial charge in [-0.2, -0.15) is 0 Å². The summed E-state index contributed by atoms with van der Waals surface area (Å²) in [5, 5.41) is 7.28. The molecule has 0 aliphatic rings. The van der Waals surface area contributed by atoms with Crippen LogP contribution in [0.25, 0.3) is 0 Å². The molecule has 0 saturated carbocycles. The molecule has 3 aromatic carbocycles. The van der Waals surface area contributed by atoms with Crippen molar-refractivity contribution in [3.8, 4) is 5.75 Å². The Balaban J connectivity index is 1.73. The van der Waals surface area contributed by atoms with Crippen LogP contribution >= 0.6 is 12.2 Å². The monoisotopic (exact) mass is 362 g/mol. The van der Waals surface area contributed by atoms with Crippen LogP contribution in [-0.2, 0) is 6.42 Å². The molecule has 3 rings (SSSR count). The number of anilines is 1. The van der Waals surface area contributed by atoms with Gasteiger partial charge in [-0.25, -0.2) is 0 Å². The third kappa shape index (κ3) is 5.07. The predicted octanol–water partition coefficient (Wildman–Crippen LogP) is 4.97. The van der Waals surface area contributed by atoms with E-state index in [9.17, 15) is 0 Å². The zero-order valence-electron chi connectivity index (χ0n) is 14.7. The minimum absolute atomic E-state index is 0.0872. The highest BCUT2D eigenvalue weighted by Crippen LogP contribution is 2.20. The van der Waals surface area contributed by atoms with Crippen molar-refractivity contribution in [2.75, 3.05) is 12.4 Å². The highest BCUT2D eigenvalue weighted by Gasteiger charge is 2.13. The van der Waals surface area contributed by atoms with E-state index >= 15 is 0 Å². The summed E-state index contributed by atoms with van der Waals surface area (Å²) in [6, 6.07) is 28.6. The molecule has 26 heavy (non-hydrogen) atoms. The highest BCUT2D eigenvalue weighted by atomic mass is 32.1. The quantitative estimate of drug-likeness (QED) is 0.607. The fraction of sp³-hybridized carbons (Fsp3) is 0.136. The van der Waals surface area contributed by atoms with E-state index in [1.807, 2.05) is 48.5 Å². The van der Waals surface area contributed by atoms with Crippen LogP contribution in [0.4, 0.5) is 5.69 Å². The molecule has 2 N–H and O–H groups in total. The van der Waals surface area contributed by atoms with Crippen molar-refractivity contribution in [3.05, 3.63) is 96.1 Å². The number of methoxy groups -OCH3 is 1. The Labute approximate surface area is 160 Å². The first-order valence-corrected chi connectivity index (χ1v) is 8.96. The van der Waals surface area contributed by atoms with Gasteiger partial charge in [-0.15, -0.1) is 0 Å². The van der Waals surface area contributed by atoms with E-state index in [0.29, 0.717) is 5.11 Å². The molecule has 0 radical (unpaired) electrons. The molecule has 3 nitrogen and oxygen atoms in total. The van der Waals surface area contributed by atoms with Crippen molar-refractivity contribution in [2.24, 2.45) is 0 Å². The highest BCUT2D eigenvalue weighted by molar-refractivity contribution is 7.80. The number of benzene rings is 3. The lowest BCUT2D eigenvalue weighted by molar-refractivity contribution is 0.415. The summed E-state index contributed by atoms with van der Waals surface area (Å²) in [5.41, 5.74) is 3.36. The van der Waals surface area contributed by atoms with E-state index < -0.39 is 0 Å². The minimum Gasteiger partial charge on any atom is -0.497 e. The van der Waals surface area contributed by atoms with Crippen LogP contribution in [0, 0.1) is 0 Å². The summed E-state index contributed by atoms with van der Waals surface area (Å²) in [6.45, 7) is 0. The second-order valence-electron chi connectivity index (χ2n) is 5.98. The van der Waals surface area contributed by atoms with Crippen molar-refractivity contribution in [3.63, 3.8) is 0 Å². The Morgan fingerprint density at radius 1 is 0.923 bits per heavy atom. The summed E-state index contributed by atoms with van der Waals surface area (Å²) < 4.78 is 5.26. The average molecular weight is 362 g/mol. The summed E-state index contributed by atoms with van der Waals surface area (Å²) in [7, 11) is 1.65. The standard InChI is InChI=1S/C22H22N2OS/c1-25-20-14-8-13-19(16-20)23-22(26)24-21(18-11-6-3-7-12-18)15-17-9-4-2-5-10-17/h2-14,16,21H,15H2,1H3,(H2,23,24,26)/t21-/m1/s1. The number of rotatable bonds is 6. The molecule has 0 aliphatic carbocycles. The van der Waals surface area contributed by atoms with Gasteiger partial charge < -0.3 is 15.4 Å². The summed E-state index contributed by atoms with van der Waals surface area (Å²) in [6.07, 6.45) is 0.852. The first-order chi connectivity index (χ1) is 12.7. The zero-order chi connectivity index (χ0) is 18.2. The molecule has 132 valence electrons. The molecule has 0 bridgehead atoms. The second kappa shape index (κ2) is 9.02. The van der Waals surface area contributed by atoms with Crippen molar-refractivity contribution in [1.29, 1.82) is 0 Å². The molecule has 0 unspecified atom stereocenters. The summed E-state index contributed by atoms with van der Waals surface area (Å²) in [4.78, 5) is 0. The average Bonchev–Trinajstić information content (AvgIpc) is 2.69. The Morgan fingerprint density at radius 2 is 1.62 bits per heavy atom. The number of thiocarbonyl (C=S) groups is 1. The van der Waals surface area contributed by atoms with E-state index in [2.05, 4.69) is 47.0 Å². The van der Waals surface area contributed by atoms with Gasteiger partial charge in [0.2, 0.25) is 0 Å². The lowest BCUT2D eigenvalue weighted by Crippen LogP contribution is -2.33. The molecule has 0 spiro atoms. The fourth-order valence-corrected chi connectivity index (χ4v) is 3.07. The summed E-state index contributed by atoms with van der Waals surface area (Å²) >= 11 is 5.54. The van der Waals surface area contributed by atoms with Crippen LogP contribution in [0.15, 0.2) is 84.9 Å². The zero-order valence-corrected chi connectivity index (χ0v) is 15.5. The lowest BCUT2D eigenvalue weighted by atomic mass is 9.99. The molecule has 3 aromatic rings. The van der Waals surface area contributed by atoms with E-state index in [1.165, 1.54) is 11.1 Å². The van der Waals surface area contributed by atoms with Crippen molar-refractivity contribution < 1.29 is 4.74 Å². The van der Waals surface area contributed by atoms with Gasteiger partial charge in [0.1, 0.15) is 5.75 Å². The van der Waals surface area contributed by atoms with Crippen LogP contribution < -0.4 is 15.4 Å². The Kier molecular flexibility index (Phi) is 6.23. The van der Waals surface area contributed by atoms with E-state index in [-0.39, 0.29) is 6.04 Å². The van der Waals surface area contributed by atoms with Gasteiger partial charge in [0.15, 0.2) is 5.11 Å². The molecule has 4 heteroatoms. The minimum atomic E-state index is 0.0872. The maximum atomic E-state index is 5.54. The Morgan fingerprint density at radius 3 is 2.31 bits per heavy atom. The van der Waals surface area contributed by atoms with Gasteiger partial charge in [-0.1, -0.05) is 66.7 Å². The maximum absolute atomic E-state index is 5.54. The normalized spacial score (nSPS) is 11.4. The number of hydrogen-bond acceptors (Lipinski definition) is 2. The third-order valence-electron chi connectivity index (χ3n) is 4.12. The van der Waals surface area contributed by atoms with E-state index in [0.717, 1.165) is 17.9 Å². The molecular weight excluding hydrogens is 340 g/mol. The molecular formula is C22H22N2OS. The second-order valence-corrected chi connectivity index (χ2v) is 6.39. The molecule has 0 aliphatic heterocycles. The van der Waals surface area contributed by atoms with Crippen LogP contribution in [0.5, 0.6) is 5.75 Å². The molecule has 0 heterocycles. The van der Waals surface area contributed by atoms with Gasteiger partial charge in [0, 0.05) is 11.8 Å². The first kappa shape index (κ1) is 18.0. The topological polar surface area (TPSA) is 33.3 Å². The lowest BCUT2D eigenvalue weighted by Gasteiger charge is -2.22. The molecule has 0 fully saturated rings. The largest absolute Gasteiger partial charge is 0.497 e. The van der Waals surface area contributed by atoms with Gasteiger partial charge in [-0.3, -0.25) is 0 Å². The van der Waals surface area contributed by atoms with Crippen LogP contribution in [0.3, 0.4) is 0 Å². The fourth-order valence-electron chi connectivity index (χ4n) is 2.81. The van der Waals surface area contributed by atoms with Gasteiger partial charge in [0.05, 0.1) is 13.2 Å². The van der Waals surface area contributed by atoms with Gasteiger partial charge in [-0.05, 0) is 41.9 Å². The molecule has 0 aromatic heterocycles. The maximum Gasteiger partial charge on any atom is 0.171 e. The van der Waals surface area contributed by atoms with Gasteiger partial charge in [0.25, 0.3) is 0 Å². The van der Waals surface area contributed by atoms with Crippen LogP contribution in [-0.4, -0.2) is 12.2 Å². The number of ether oxygens (including phenoxy) is 1. The van der Waals surface area contributed by atoms with Crippen LogP contribution in [0.2, 0.25) is 0 Å². The number of nitrogens with one attached hydrogen (secondary N) is 2. The molecule has 0 amide bonds. The first-order valence-electron chi connectivity index (χ1n) is 8.55. The Bertz CT molecular complexity index is 837. The predicted molar refractivity (Wildman–Crippen MR) is 112 cm³/mol.